The number of ether oxygens (including phenoxy) is 3. The summed E-state index contributed by atoms with van der Waals surface area (Å²) in [5.41, 5.74) is 1.70. The molecule has 0 aromatic heterocycles. The van der Waals surface area contributed by atoms with E-state index >= 15 is 0 Å². The van der Waals surface area contributed by atoms with Gasteiger partial charge in [-0.05, 0) is 64.6 Å². The third-order valence-electron chi connectivity index (χ3n) is 9.40. The number of rotatable bonds is 2. The molecule has 2 saturated carbocycles. The average molecular weight is 406 g/mol. The molecule has 5 nitrogen and oxygen atoms in total. The fraction of sp³-hybridized carbons (Fsp3) is 0.917. The van der Waals surface area contributed by atoms with Gasteiger partial charge in [0.05, 0.1) is 24.4 Å². The van der Waals surface area contributed by atoms with Gasteiger partial charge in [-0.25, -0.2) is 0 Å². The molecule has 2 aliphatic heterocycles. The summed E-state index contributed by atoms with van der Waals surface area (Å²) in [7, 11) is 4.14. The molecule has 4 fully saturated rings. The maximum atomic E-state index is 12.1. The van der Waals surface area contributed by atoms with Gasteiger partial charge in [0.15, 0.2) is 6.29 Å². The van der Waals surface area contributed by atoms with Crippen molar-refractivity contribution in [1.29, 1.82) is 0 Å². The van der Waals surface area contributed by atoms with Crippen LogP contribution >= 0.6 is 0 Å². The summed E-state index contributed by atoms with van der Waals surface area (Å²) >= 11 is 0. The second-order valence-corrected chi connectivity index (χ2v) is 11.5. The Labute approximate surface area is 175 Å². The Morgan fingerprint density at radius 2 is 1.90 bits per heavy atom. The maximum Gasteiger partial charge on any atom is 0.171 e. The van der Waals surface area contributed by atoms with Crippen LogP contribution in [0.1, 0.15) is 59.8 Å². The van der Waals surface area contributed by atoms with E-state index in [4.69, 9.17) is 14.2 Å². The molecule has 8 unspecified atom stereocenters. The second-order valence-electron chi connectivity index (χ2n) is 11.5. The van der Waals surface area contributed by atoms with Crippen LogP contribution in [0.25, 0.3) is 0 Å². The van der Waals surface area contributed by atoms with Crippen molar-refractivity contribution in [2.45, 2.75) is 90.0 Å². The lowest BCUT2D eigenvalue weighted by Gasteiger charge is -2.62. The number of likely N-dealkylation sites (N-methyl/N-ethyl adjacent to an activating group) is 1. The third kappa shape index (κ3) is 2.77. The quantitative estimate of drug-likeness (QED) is 0.714. The maximum absolute atomic E-state index is 12.1. The summed E-state index contributed by atoms with van der Waals surface area (Å²) in [5, 5.41) is 12.1. The molecule has 5 aliphatic rings. The topological polar surface area (TPSA) is 51.2 Å². The van der Waals surface area contributed by atoms with Gasteiger partial charge in [-0.1, -0.05) is 26.3 Å². The molecule has 3 aliphatic carbocycles. The average Bonchev–Trinajstić information content (AvgIpc) is 2.98. The number of nitrogens with zero attached hydrogens (tertiary/aromatic N) is 1. The minimum atomic E-state index is -0.695. The van der Waals surface area contributed by atoms with Gasteiger partial charge in [0.25, 0.3) is 0 Å². The van der Waals surface area contributed by atoms with Crippen molar-refractivity contribution in [2.24, 2.45) is 22.7 Å². The van der Waals surface area contributed by atoms with Crippen molar-refractivity contribution < 1.29 is 19.3 Å². The molecule has 0 aromatic carbocycles. The normalized spacial score (nSPS) is 50.9. The first kappa shape index (κ1) is 20.4. The Balaban J connectivity index is 1.63. The van der Waals surface area contributed by atoms with Crippen LogP contribution in [0.4, 0.5) is 0 Å². The van der Waals surface area contributed by atoms with Crippen molar-refractivity contribution in [2.75, 3.05) is 27.2 Å². The van der Waals surface area contributed by atoms with E-state index in [1.165, 1.54) is 11.1 Å². The summed E-state index contributed by atoms with van der Waals surface area (Å²) in [6.45, 7) is 10.7. The van der Waals surface area contributed by atoms with E-state index in [1.807, 2.05) is 0 Å². The highest BCUT2D eigenvalue weighted by atomic mass is 16.7. The molecule has 0 spiro atoms. The van der Waals surface area contributed by atoms with Gasteiger partial charge in [0.2, 0.25) is 0 Å². The van der Waals surface area contributed by atoms with E-state index in [-0.39, 0.29) is 29.3 Å². The van der Waals surface area contributed by atoms with Gasteiger partial charge in [0, 0.05) is 23.3 Å². The number of hydrogen-bond acceptors (Lipinski definition) is 5. The molecule has 2 saturated heterocycles. The van der Waals surface area contributed by atoms with Gasteiger partial charge in [-0.2, -0.15) is 0 Å². The third-order valence-corrected chi connectivity index (χ3v) is 9.40. The van der Waals surface area contributed by atoms with Gasteiger partial charge >= 0.3 is 0 Å². The highest BCUT2D eigenvalue weighted by molar-refractivity contribution is 5.35. The number of aliphatic hydroxyl groups is 1. The highest BCUT2D eigenvalue weighted by Crippen LogP contribution is 2.64. The number of fused-ring (bicyclic) bond motifs is 8. The van der Waals surface area contributed by atoms with E-state index < -0.39 is 5.60 Å². The van der Waals surface area contributed by atoms with Crippen LogP contribution in [0.5, 0.6) is 0 Å². The van der Waals surface area contributed by atoms with Gasteiger partial charge in [-0.15, -0.1) is 0 Å². The van der Waals surface area contributed by atoms with Crippen LogP contribution in [-0.4, -0.2) is 67.5 Å². The molecule has 0 aromatic rings. The monoisotopic (exact) mass is 405 g/mol. The zero-order chi connectivity index (χ0) is 20.8. The SMILES string of the molecule is CC1=C2C3OC(CN(C)C)OC3C3(C)CCC4OCC4C3CC(O)(CC1)C2(C)C. The molecule has 0 radical (unpaired) electrons. The molecule has 29 heavy (non-hydrogen) atoms. The first-order valence-corrected chi connectivity index (χ1v) is 11.6. The fourth-order valence-corrected chi connectivity index (χ4v) is 7.43. The van der Waals surface area contributed by atoms with Crippen LogP contribution in [-0.2, 0) is 14.2 Å². The van der Waals surface area contributed by atoms with Gasteiger partial charge in [-0.3, -0.25) is 0 Å². The lowest BCUT2D eigenvalue weighted by Crippen LogP contribution is -2.65. The largest absolute Gasteiger partial charge is 0.389 e. The molecule has 5 rings (SSSR count). The summed E-state index contributed by atoms with van der Waals surface area (Å²) in [5.74, 6) is 0.952. The van der Waals surface area contributed by atoms with Gasteiger partial charge in [0.1, 0.15) is 6.10 Å². The molecule has 1 N–H and O–H groups in total. The molecule has 2 heterocycles. The van der Waals surface area contributed by atoms with Crippen molar-refractivity contribution in [1.82, 2.24) is 4.90 Å². The Morgan fingerprint density at radius 1 is 1.14 bits per heavy atom. The van der Waals surface area contributed by atoms with Gasteiger partial charge < -0.3 is 24.2 Å². The van der Waals surface area contributed by atoms with Crippen LogP contribution in [0.15, 0.2) is 11.1 Å². The predicted molar refractivity (Wildman–Crippen MR) is 111 cm³/mol. The van der Waals surface area contributed by atoms with E-state index in [0.29, 0.717) is 17.9 Å². The standard InChI is InChI=1S/C24H39NO4/c1-14-7-10-24(26)11-16-15-13-27-17(15)8-9-23(16,4)21-20(19(14)22(24,2)3)28-18(29-21)12-25(5)6/h15-18,20-21,26H,7-13H2,1-6H3. The zero-order valence-electron chi connectivity index (χ0n) is 19.0. The predicted octanol–water partition coefficient (Wildman–Crippen LogP) is 3.36. The number of allylic oxidation sites excluding steroid dienone is 1. The van der Waals surface area contributed by atoms with Crippen LogP contribution in [0.3, 0.4) is 0 Å². The van der Waals surface area contributed by atoms with Crippen molar-refractivity contribution in [3.05, 3.63) is 11.1 Å². The highest BCUT2D eigenvalue weighted by Gasteiger charge is 2.66. The fourth-order valence-electron chi connectivity index (χ4n) is 7.43. The van der Waals surface area contributed by atoms with Crippen molar-refractivity contribution >= 4 is 0 Å². The smallest absolute Gasteiger partial charge is 0.171 e. The first-order valence-electron chi connectivity index (χ1n) is 11.6. The van der Waals surface area contributed by atoms with Crippen LogP contribution in [0, 0.1) is 22.7 Å². The Bertz CT molecular complexity index is 718. The molecule has 0 amide bonds. The molecule has 2 bridgehead atoms. The number of hydrogen-bond donors (Lipinski definition) is 1. The minimum Gasteiger partial charge on any atom is -0.389 e. The Kier molecular flexibility index (Phi) is 4.60. The lowest BCUT2D eigenvalue weighted by atomic mass is 9.47. The summed E-state index contributed by atoms with van der Waals surface area (Å²) in [4.78, 5) is 2.14. The van der Waals surface area contributed by atoms with E-state index in [0.717, 1.165) is 45.3 Å². The first-order chi connectivity index (χ1) is 13.6. The van der Waals surface area contributed by atoms with Crippen LogP contribution < -0.4 is 0 Å². The van der Waals surface area contributed by atoms with Crippen LogP contribution in [0.2, 0.25) is 0 Å². The Hall–Kier alpha value is -0.460. The van der Waals surface area contributed by atoms with E-state index in [9.17, 15) is 5.11 Å². The van der Waals surface area contributed by atoms with Crippen molar-refractivity contribution in [3.8, 4) is 0 Å². The van der Waals surface area contributed by atoms with Crippen molar-refractivity contribution in [3.63, 3.8) is 0 Å². The summed E-state index contributed by atoms with van der Waals surface area (Å²) in [6.07, 6.45) is 4.98. The molecular formula is C24H39NO4. The Morgan fingerprint density at radius 3 is 2.55 bits per heavy atom. The van der Waals surface area contributed by atoms with E-state index in [1.54, 1.807) is 0 Å². The minimum absolute atomic E-state index is 0.00399. The zero-order valence-corrected chi connectivity index (χ0v) is 19.0. The lowest BCUT2D eigenvalue weighted by molar-refractivity contribution is -0.235. The molecular weight excluding hydrogens is 366 g/mol. The second kappa shape index (κ2) is 6.52. The summed E-state index contributed by atoms with van der Waals surface area (Å²) in [6, 6.07) is 0. The molecule has 164 valence electrons. The van der Waals surface area contributed by atoms with E-state index in [2.05, 4.69) is 46.7 Å². The molecule has 5 heteroatoms. The summed E-state index contributed by atoms with van der Waals surface area (Å²) < 4.78 is 19.3. The molecule has 8 atom stereocenters.